The molecule has 5 heteroatoms. The standard InChI is InChI=1S/C17H26N2O3/c1-16(2,3)22-15(21)19-12-8-10(6-7-13(12)20)14-11(9-18)17(14,4)5/h6-8,11,14,20H,9,18H2,1-5H3,(H,19,21). The molecule has 4 N–H and O–H groups in total. The fourth-order valence-electron chi connectivity index (χ4n) is 3.11. The maximum absolute atomic E-state index is 11.9. The zero-order valence-electron chi connectivity index (χ0n) is 13.9. The Morgan fingerprint density at radius 1 is 1.41 bits per heavy atom. The highest BCUT2D eigenvalue weighted by Gasteiger charge is 2.57. The number of ether oxygens (including phenoxy) is 1. The van der Waals surface area contributed by atoms with Crippen LogP contribution in [0.15, 0.2) is 18.2 Å². The lowest BCUT2D eigenvalue weighted by atomic mass is 10.0. The molecule has 0 aromatic heterocycles. The third-order valence-corrected chi connectivity index (χ3v) is 4.32. The summed E-state index contributed by atoms with van der Waals surface area (Å²) >= 11 is 0. The molecular formula is C17H26N2O3. The summed E-state index contributed by atoms with van der Waals surface area (Å²) in [6.45, 7) is 10.4. The minimum atomic E-state index is -0.583. The van der Waals surface area contributed by atoms with Gasteiger partial charge in [-0.3, -0.25) is 5.32 Å². The van der Waals surface area contributed by atoms with Crippen LogP contribution in [0.4, 0.5) is 10.5 Å². The van der Waals surface area contributed by atoms with Crippen LogP contribution in [0.5, 0.6) is 5.75 Å². The summed E-state index contributed by atoms with van der Waals surface area (Å²) in [4.78, 5) is 11.9. The van der Waals surface area contributed by atoms with Crippen LogP contribution in [0.2, 0.25) is 0 Å². The maximum atomic E-state index is 11.9. The number of phenols is 1. The molecule has 2 atom stereocenters. The molecule has 0 heterocycles. The van der Waals surface area contributed by atoms with Crippen LogP contribution in [0.3, 0.4) is 0 Å². The van der Waals surface area contributed by atoms with Gasteiger partial charge in [0.25, 0.3) is 0 Å². The summed E-state index contributed by atoms with van der Waals surface area (Å²) in [6, 6.07) is 5.29. The monoisotopic (exact) mass is 306 g/mol. The minimum absolute atomic E-state index is 0.0253. The Kier molecular flexibility index (Phi) is 4.13. The first-order valence-corrected chi connectivity index (χ1v) is 7.59. The number of carbonyl (C=O) groups excluding carboxylic acids is 1. The number of nitrogens with two attached hydrogens (primary N) is 1. The molecule has 1 aromatic carbocycles. The molecule has 122 valence electrons. The summed E-state index contributed by atoms with van der Waals surface area (Å²) in [5.74, 6) is 0.793. The van der Waals surface area contributed by atoms with E-state index in [9.17, 15) is 9.90 Å². The first-order chi connectivity index (χ1) is 10.1. The Hall–Kier alpha value is -1.75. The van der Waals surface area contributed by atoms with Gasteiger partial charge in [-0.2, -0.15) is 0 Å². The SMILES string of the molecule is CC(C)(C)OC(=O)Nc1cc(C2C(CN)C2(C)C)ccc1O. The van der Waals surface area contributed by atoms with E-state index in [4.69, 9.17) is 10.5 Å². The third kappa shape index (κ3) is 3.35. The fourth-order valence-corrected chi connectivity index (χ4v) is 3.11. The van der Waals surface area contributed by atoms with Crippen molar-refractivity contribution >= 4 is 11.8 Å². The predicted molar refractivity (Wildman–Crippen MR) is 87.0 cm³/mol. The molecule has 0 bridgehead atoms. The second-order valence-electron chi connectivity index (χ2n) is 7.54. The summed E-state index contributed by atoms with van der Waals surface area (Å²) in [7, 11) is 0. The van der Waals surface area contributed by atoms with E-state index in [2.05, 4.69) is 19.2 Å². The smallest absolute Gasteiger partial charge is 0.412 e. The molecule has 22 heavy (non-hydrogen) atoms. The number of hydrogen-bond donors (Lipinski definition) is 3. The highest BCUT2D eigenvalue weighted by Crippen LogP contribution is 2.64. The van der Waals surface area contributed by atoms with E-state index in [0.29, 0.717) is 24.1 Å². The van der Waals surface area contributed by atoms with E-state index in [1.165, 1.54) is 0 Å². The lowest BCUT2D eigenvalue weighted by Gasteiger charge is -2.20. The van der Waals surface area contributed by atoms with Crippen molar-refractivity contribution in [2.24, 2.45) is 17.1 Å². The molecule has 5 nitrogen and oxygen atoms in total. The average molecular weight is 306 g/mol. The first kappa shape index (κ1) is 16.6. The lowest BCUT2D eigenvalue weighted by molar-refractivity contribution is 0.0635. The molecule has 0 spiro atoms. The van der Waals surface area contributed by atoms with Crippen molar-refractivity contribution in [3.63, 3.8) is 0 Å². The second-order valence-corrected chi connectivity index (χ2v) is 7.54. The molecule has 1 fully saturated rings. The maximum Gasteiger partial charge on any atom is 0.412 e. The van der Waals surface area contributed by atoms with Gasteiger partial charge in [0.15, 0.2) is 0 Å². The fraction of sp³-hybridized carbons (Fsp3) is 0.588. The van der Waals surface area contributed by atoms with Crippen LogP contribution in [-0.4, -0.2) is 23.3 Å². The highest BCUT2D eigenvalue weighted by molar-refractivity contribution is 5.87. The van der Waals surface area contributed by atoms with Crippen molar-refractivity contribution in [2.75, 3.05) is 11.9 Å². The summed E-state index contributed by atoms with van der Waals surface area (Å²) in [5, 5.41) is 12.6. The molecule has 1 aliphatic rings. The number of amides is 1. The number of carbonyl (C=O) groups is 1. The number of benzene rings is 1. The average Bonchev–Trinajstić information content (AvgIpc) is 2.91. The first-order valence-electron chi connectivity index (χ1n) is 7.59. The number of phenolic OH excluding ortho intramolecular Hbond substituents is 1. The van der Waals surface area contributed by atoms with Crippen molar-refractivity contribution < 1.29 is 14.6 Å². The normalized spacial score (nSPS) is 23.0. The van der Waals surface area contributed by atoms with Gasteiger partial charge in [-0.05, 0) is 62.3 Å². The molecule has 1 amide bonds. The number of rotatable bonds is 3. The van der Waals surface area contributed by atoms with Crippen molar-refractivity contribution in [3.8, 4) is 5.75 Å². The van der Waals surface area contributed by atoms with Crippen LogP contribution in [0.25, 0.3) is 0 Å². The van der Waals surface area contributed by atoms with E-state index < -0.39 is 11.7 Å². The van der Waals surface area contributed by atoms with Crippen LogP contribution < -0.4 is 11.1 Å². The van der Waals surface area contributed by atoms with E-state index in [1.807, 2.05) is 6.07 Å². The van der Waals surface area contributed by atoms with E-state index in [-0.39, 0.29) is 11.2 Å². The van der Waals surface area contributed by atoms with Gasteiger partial charge in [0, 0.05) is 0 Å². The molecule has 0 aliphatic heterocycles. The van der Waals surface area contributed by atoms with Gasteiger partial charge in [0.05, 0.1) is 5.69 Å². The molecular weight excluding hydrogens is 280 g/mol. The third-order valence-electron chi connectivity index (χ3n) is 4.32. The van der Waals surface area contributed by atoms with Crippen molar-refractivity contribution in [2.45, 2.75) is 46.1 Å². The van der Waals surface area contributed by atoms with Crippen LogP contribution in [0, 0.1) is 11.3 Å². The Morgan fingerprint density at radius 2 is 2.05 bits per heavy atom. The van der Waals surface area contributed by atoms with Gasteiger partial charge in [0.2, 0.25) is 0 Å². The Morgan fingerprint density at radius 3 is 2.55 bits per heavy atom. The van der Waals surface area contributed by atoms with Crippen molar-refractivity contribution in [1.82, 2.24) is 0 Å². The molecule has 0 saturated heterocycles. The lowest BCUT2D eigenvalue weighted by Crippen LogP contribution is -2.27. The van der Waals surface area contributed by atoms with Crippen molar-refractivity contribution in [1.29, 1.82) is 0 Å². The summed E-state index contributed by atoms with van der Waals surface area (Å²) < 4.78 is 5.21. The van der Waals surface area contributed by atoms with Crippen LogP contribution >= 0.6 is 0 Å². The predicted octanol–water partition coefficient (Wildman–Crippen LogP) is 3.44. The highest BCUT2D eigenvalue weighted by atomic mass is 16.6. The van der Waals surface area contributed by atoms with Crippen molar-refractivity contribution in [3.05, 3.63) is 23.8 Å². The Labute approximate surface area is 131 Å². The number of nitrogens with one attached hydrogen (secondary N) is 1. The van der Waals surface area contributed by atoms with Gasteiger partial charge in [-0.1, -0.05) is 19.9 Å². The van der Waals surface area contributed by atoms with Crippen LogP contribution in [0.1, 0.15) is 46.1 Å². The molecule has 0 radical (unpaired) electrons. The molecule has 2 unspecified atom stereocenters. The van der Waals surface area contributed by atoms with E-state index in [0.717, 1.165) is 5.56 Å². The largest absolute Gasteiger partial charge is 0.506 e. The summed E-state index contributed by atoms with van der Waals surface area (Å²) in [5.41, 5.74) is 6.82. The van der Waals surface area contributed by atoms with E-state index >= 15 is 0 Å². The summed E-state index contributed by atoms with van der Waals surface area (Å²) in [6.07, 6.45) is -0.578. The molecule has 1 aromatic rings. The molecule has 1 saturated carbocycles. The Balaban J connectivity index is 2.17. The zero-order chi connectivity index (χ0) is 16.7. The Bertz CT molecular complexity index is 576. The number of aromatic hydroxyl groups is 1. The topological polar surface area (TPSA) is 84.6 Å². The van der Waals surface area contributed by atoms with Gasteiger partial charge >= 0.3 is 6.09 Å². The minimum Gasteiger partial charge on any atom is -0.506 e. The van der Waals surface area contributed by atoms with Crippen LogP contribution in [-0.2, 0) is 4.74 Å². The molecule has 1 aliphatic carbocycles. The zero-order valence-corrected chi connectivity index (χ0v) is 13.9. The van der Waals surface area contributed by atoms with Gasteiger partial charge in [-0.15, -0.1) is 0 Å². The van der Waals surface area contributed by atoms with Gasteiger partial charge in [-0.25, -0.2) is 4.79 Å². The van der Waals surface area contributed by atoms with Gasteiger partial charge in [0.1, 0.15) is 11.4 Å². The molecule has 2 rings (SSSR count). The number of anilines is 1. The number of hydrogen-bond acceptors (Lipinski definition) is 4. The van der Waals surface area contributed by atoms with Gasteiger partial charge < -0.3 is 15.6 Å². The van der Waals surface area contributed by atoms with E-state index in [1.54, 1.807) is 32.9 Å². The quantitative estimate of drug-likeness (QED) is 0.747. The second kappa shape index (κ2) is 5.47.